The number of allylic oxidation sites excluding steroid dienone is 1. The molecule has 3 N–H and O–H groups in total. The van der Waals surface area contributed by atoms with Crippen LogP contribution in [0.1, 0.15) is 61.6 Å². The Morgan fingerprint density at radius 2 is 2.14 bits per heavy atom. The van der Waals surface area contributed by atoms with Gasteiger partial charge in [-0.1, -0.05) is 6.58 Å². The number of carbonyl (C=O) groups is 1. The van der Waals surface area contributed by atoms with Gasteiger partial charge < -0.3 is 11.1 Å². The van der Waals surface area contributed by atoms with Crippen molar-refractivity contribution in [1.29, 1.82) is 5.26 Å². The molecule has 11 heteroatoms. The van der Waals surface area contributed by atoms with Gasteiger partial charge >= 0.3 is 0 Å². The predicted molar refractivity (Wildman–Crippen MR) is 135 cm³/mol. The van der Waals surface area contributed by atoms with Crippen molar-refractivity contribution < 1.29 is 13.4 Å². The lowest BCUT2D eigenvalue weighted by atomic mass is 9.96. The first-order valence-corrected chi connectivity index (χ1v) is 12.9. The first kappa shape index (κ1) is 26.2. The Kier molecular flexibility index (Phi) is 7.26. The Morgan fingerprint density at radius 1 is 1.43 bits per heavy atom. The van der Waals surface area contributed by atoms with E-state index in [2.05, 4.69) is 31.2 Å². The van der Waals surface area contributed by atoms with Gasteiger partial charge in [-0.15, -0.1) is 0 Å². The summed E-state index contributed by atoms with van der Waals surface area (Å²) >= 11 is 0. The fourth-order valence-corrected chi connectivity index (χ4v) is 7.28. The van der Waals surface area contributed by atoms with Crippen LogP contribution in [0.15, 0.2) is 50.8 Å². The van der Waals surface area contributed by atoms with E-state index < -0.39 is 31.7 Å². The number of amidine groups is 2. The van der Waals surface area contributed by atoms with Crippen LogP contribution >= 0.6 is 0 Å². The summed E-state index contributed by atoms with van der Waals surface area (Å²) in [6, 6.07) is 3.50. The molecule has 1 aromatic heterocycles. The monoisotopic (exact) mass is 499 g/mol. The molecule has 9 nitrogen and oxygen atoms in total. The highest BCUT2D eigenvalue weighted by molar-refractivity contribution is 7.95. The molecule has 0 bridgehead atoms. The normalized spacial score (nSPS) is 29.4. The quantitative estimate of drug-likeness (QED) is 0.482. The van der Waals surface area contributed by atoms with E-state index in [4.69, 9.17) is 11.0 Å². The molecule has 0 fully saturated rings. The minimum Gasteiger partial charge on any atom is -0.386 e. The van der Waals surface area contributed by atoms with Gasteiger partial charge in [-0.25, -0.2) is 22.9 Å². The maximum absolute atomic E-state index is 14.9. The molecule has 35 heavy (non-hydrogen) atoms. The number of carbonyl (C=O) groups excluding carboxylic acids is 1. The van der Waals surface area contributed by atoms with E-state index >= 15 is 0 Å². The molecule has 3 rings (SSSR count). The van der Waals surface area contributed by atoms with E-state index in [9.17, 15) is 13.4 Å². The van der Waals surface area contributed by atoms with Crippen LogP contribution in [0.25, 0.3) is 0 Å². The molecule has 0 aliphatic carbocycles. The molecule has 2 aliphatic rings. The third kappa shape index (κ3) is 4.89. The molecule has 1 aromatic rings. The standard InChI is InChI=1S/C24H30FN7O2S/c1-6-18(31-21(33)19-15(2)11-17(12-26)13-28-19)30-20(16(3)25)23(4)14-35(34)24(5,22(27)32-23)9-7-8-10-29-35/h6,11,13H,1,7-10,14H2,2-5H3,(H2,27,32)(H,30,31,33)/b20-16+. The molecule has 2 aliphatic heterocycles. The van der Waals surface area contributed by atoms with Crippen LogP contribution in [0, 0.1) is 18.3 Å². The van der Waals surface area contributed by atoms with Crippen molar-refractivity contribution in [1.82, 2.24) is 10.3 Å². The van der Waals surface area contributed by atoms with Gasteiger partial charge in [-0.05, 0) is 64.7 Å². The summed E-state index contributed by atoms with van der Waals surface area (Å²) in [4.78, 5) is 25.8. The van der Waals surface area contributed by atoms with Crippen LogP contribution < -0.4 is 11.1 Å². The van der Waals surface area contributed by atoms with Gasteiger partial charge in [0.2, 0.25) is 0 Å². The Bertz CT molecular complexity index is 1330. The van der Waals surface area contributed by atoms with E-state index in [1.807, 2.05) is 6.07 Å². The van der Waals surface area contributed by atoms with Gasteiger partial charge in [0.25, 0.3) is 5.91 Å². The Balaban J connectivity index is 2.02. The van der Waals surface area contributed by atoms with E-state index in [1.165, 1.54) is 25.3 Å². The predicted octanol–water partition coefficient (Wildman–Crippen LogP) is 3.32. The van der Waals surface area contributed by atoms with E-state index in [0.717, 1.165) is 12.8 Å². The highest BCUT2D eigenvalue weighted by Crippen LogP contribution is 2.41. The van der Waals surface area contributed by atoms with Crippen LogP contribution in [0.5, 0.6) is 0 Å². The van der Waals surface area contributed by atoms with Crippen molar-refractivity contribution in [3.05, 3.63) is 53.3 Å². The highest BCUT2D eigenvalue weighted by atomic mass is 32.2. The molecular weight excluding hydrogens is 469 g/mol. The molecule has 0 aromatic carbocycles. The number of amides is 1. The fraction of sp³-hybridized carbons (Fsp3) is 0.458. The zero-order valence-corrected chi connectivity index (χ0v) is 21.2. The van der Waals surface area contributed by atoms with Gasteiger partial charge in [0, 0.05) is 12.7 Å². The maximum Gasteiger partial charge on any atom is 0.275 e. The number of aliphatic imine (C=N–C) groups is 2. The molecule has 0 radical (unpaired) electrons. The van der Waals surface area contributed by atoms with Gasteiger partial charge in [-0.2, -0.15) is 5.26 Å². The Hall–Kier alpha value is -3.39. The van der Waals surface area contributed by atoms with Gasteiger partial charge in [0.15, 0.2) is 0 Å². The average Bonchev–Trinajstić information content (AvgIpc) is 2.94. The lowest BCUT2D eigenvalue weighted by Crippen LogP contribution is -2.57. The number of nitriles is 1. The number of halogens is 1. The third-order valence-electron chi connectivity index (χ3n) is 6.38. The number of rotatable bonds is 4. The average molecular weight is 500 g/mol. The van der Waals surface area contributed by atoms with Crippen molar-refractivity contribution in [3.8, 4) is 6.07 Å². The van der Waals surface area contributed by atoms with Crippen LogP contribution in [0.3, 0.4) is 0 Å². The topological polar surface area (TPSA) is 146 Å². The van der Waals surface area contributed by atoms with Crippen LogP contribution in [0.2, 0.25) is 0 Å². The number of nitrogens with zero attached hydrogens (tertiary/aromatic N) is 5. The second kappa shape index (κ2) is 9.70. The maximum atomic E-state index is 14.9. The molecule has 0 saturated heterocycles. The van der Waals surface area contributed by atoms with Gasteiger partial charge in [0.05, 0.1) is 21.0 Å². The molecular formula is C24H30FN7O2S. The molecule has 186 valence electrons. The van der Waals surface area contributed by atoms with E-state index in [1.54, 1.807) is 20.8 Å². The number of hydrogen-bond donors (Lipinski definition) is 2. The Labute approximate surface area is 205 Å². The number of pyridine rings is 1. The summed E-state index contributed by atoms with van der Waals surface area (Å²) in [5, 5.41) is 11.6. The van der Waals surface area contributed by atoms with Crippen molar-refractivity contribution >= 4 is 27.3 Å². The number of nitrogens with two attached hydrogens (primary N) is 1. The van der Waals surface area contributed by atoms with Crippen molar-refractivity contribution in [3.63, 3.8) is 0 Å². The Morgan fingerprint density at radius 3 is 2.74 bits per heavy atom. The second-order valence-corrected chi connectivity index (χ2v) is 11.9. The number of aryl methyl sites for hydroxylation is 1. The summed E-state index contributed by atoms with van der Waals surface area (Å²) in [7, 11) is -2.87. The lowest BCUT2D eigenvalue weighted by molar-refractivity contribution is 0.0971. The molecule has 0 saturated carbocycles. The lowest BCUT2D eigenvalue weighted by Gasteiger charge is -2.41. The highest BCUT2D eigenvalue weighted by Gasteiger charge is 2.51. The van der Waals surface area contributed by atoms with E-state index in [-0.39, 0.29) is 28.8 Å². The summed E-state index contributed by atoms with van der Waals surface area (Å²) in [6.07, 6.45) is 4.76. The zero-order valence-electron chi connectivity index (χ0n) is 20.4. The van der Waals surface area contributed by atoms with Crippen LogP contribution in [0.4, 0.5) is 4.39 Å². The fourth-order valence-electron chi connectivity index (χ4n) is 4.37. The molecule has 3 heterocycles. The van der Waals surface area contributed by atoms with Gasteiger partial charge in [-0.3, -0.25) is 9.79 Å². The SMILES string of the molecule is C=C/C(=N\C(=C(/C)F)C1(C)CS2(=O)=NCCCCC2(C)C(N)=N1)NC(=O)c1ncc(C#N)cc1C. The molecule has 0 spiro atoms. The largest absolute Gasteiger partial charge is 0.386 e. The minimum atomic E-state index is -2.87. The number of fused-ring (bicyclic) bond motifs is 1. The zero-order chi connectivity index (χ0) is 26.0. The van der Waals surface area contributed by atoms with Crippen LogP contribution in [-0.4, -0.2) is 49.4 Å². The number of aromatic nitrogens is 1. The van der Waals surface area contributed by atoms with E-state index in [0.29, 0.717) is 24.1 Å². The minimum absolute atomic E-state index is 0.0383. The first-order valence-electron chi connectivity index (χ1n) is 11.2. The summed E-state index contributed by atoms with van der Waals surface area (Å²) in [5.41, 5.74) is 5.76. The summed E-state index contributed by atoms with van der Waals surface area (Å²) in [5.74, 6) is -1.19. The smallest absolute Gasteiger partial charge is 0.275 e. The van der Waals surface area contributed by atoms with Crippen molar-refractivity contribution in [2.24, 2.45) is 20.1 Å². The number of nitrogens with one attached hydrogen (secondary N) is 1. The first-order chi connectivity index (χ1) is 16.4. The van der Waals surface area contributed by atoms with Crippen LogP contribution in [-0.2, 0) is 9.73 Å². The van der Waals surface area contributed by atoms with Gasteiger partial charge in [0.1, 0.15) is 45.2 Å². The van der Waals surface area contributed by atoms with Crippen molar-refractivity contribution in [2.45, 2.75) is 57.2 Å². The summed E-state index contributed by atoms with van der Waals surface area (Å²) < 4.78 is 32.6. The third-order valence-corrected chi connectivity index (χ3v) is 9.75. The second-order valence-electron chi connectivity index (χ2n) is 9.14. The van der Waals surface area contributed by atoms with Crippen molar-refractivity contribution in [2.75, 3.05) is 12.3 Å². The number of hydrogen-bond acceptors (Lipinski definition) is 8. The summed E-state index contributed by atoms with van der Waals surface area (Å²) in [6.45, 7) is 10.4. The molecule has 1 amide bonds. The molecule has 3 unspecified atom stereocenters. The molecule has 3 atom stereocenters.